The van der Waals surface area contributed by atoms with Crippen molar-refractivity contribution in [1.29, 1.82) is 0 Å². The van der Waals surface area contributed by atoms with E-state index >= 15 is 0 Å². The molecule has 130 valence electrons. The molecular formula is C19H22N4OS. The highest BCUT2D eigenvalue weighted by molar-refractivity contribution is 7.17. The number of hydrogen-bond acceptors (Lipinski definition) is 4. The Morgan fingerprint density at radius 2 is 2.00 bits per heavy atom. The molecule has 0 radical (unpaired) electrons. The van der Waals surface area contributed by atoms with Gasteiger partial charge in [-0.1, -0.05) is 30.3 Å². The van der Waals surface area contributed by atoms with E-state index in [0.29, 0.717) is 11.4 Å². The molecule has 0 saturated heterocycles. The molecule has 0 spiro atoms. The number of aromatic nitrogens is 2. The molecule has 1 atom stereocenters. The third kappa shape index (κ3) is 3.36. The lowest BCUT2D eigenvalue weighted by molar-refractivity contribution is 0.100. The molecule has 4 N–H and O–H groups in total. The van der Waals surface area contributed by atoms with Crippen LogP contribution in [0.1, 0.15) is 32.3 Å². The first-order valence-electron chi connectivity index (χ1n) is 8.18. The highest BCUT2D eigenvalue weighted by Crippen LogP contribution is 2.40. The zero-order chi connectivity index (χ0) is 18.0. The minimum atomic E-state index is -0.400. The Kier molecular flexibility index (Phi) is 5.01. The molecular weight excluding hydrogens is 332 g/mol. The summed E-state index contributed by atoms with van der Waals surface area (Å²) >= 11 is 1.43. The van der Waals surface area contributed by atoms with Gasteiger partial charge >= 0.3 is 0 Å². The Morgan fingerprint density at radius 3 is 2.56 bits per heavy atom. The Hall–Kier alpha value is -2.44. The van der Waals surface area contributed by atoms with Crippen molar-refractivity contribution >= 4 is 17.2 Å². The third-order valence-electron chi connectivity index (χ3n) is 4.49. The number of benzene rings is 1. The van der Waals surface area contributed by atoms with Crippen molar-refractivity contribution < 1.29 is 4.79 Å². The van der Waals surface area contributed by atoms with Crippen LogP contribution in [0, 0.1) is 6.92 Å². The van der Waals surface area contributed by atoms with E-state index in [-0.39, 0.29) is 5.92 Å². The van der Waals surface area contributed by atoms with E-state index in [9.17, 15) is 4.79 Å². The number of nitrogens with zero attached hydrogens (tertiary/aromatic N) is 2. The van der Waals surface area contributed by atoms with Crippen LogP contribution in [0.25, 0.3) is 10.6 Å². The van der Waals surface area contributed by atoms with Crippen LogP contribution in [0.15, 0.2) is 42.6 Å². The molecule has 3 rings (SSSR count). The van der Waals surface area contributed by atoms with Crippen molar-refractivity contribution in [3.05, 3.63) is 64.2 Å². The van der Waals surface area contributed by atoms with Crippen molar-refractivity contribution in [2.45, 2.75) is 19.3 Å². The van der Waals surface area contributed by atoms with Gasteiger partial charge in [-0.2, -0.15) is 5.10 Å². The molecule has 3 aromatic rings. The summed E-state index contributed by atoms with van der Waals surface area (Å²) in [5, 5.41) is 4.23. The van der Waals surface area contributed by atoms with Gasteiger partial charge < -0.3 is 11.5 Å². The van der Waals surface area contributed by atoms with Crippen molar-refractivity contribution in [3.63, 3.8) is 0 Å². The highest BCUT2D eigenvalue weighted by atomic mass is 32.1. The minimum absolute atomic E-state index is 0.0446. The summed E-state index contributed by atoms with van der Waals surface area (Å²) in [4.78, 5) is 13.7. The van der Waals surface area contributed by atoms with Crippen LogP contribution in [-0.4, -0.2) is 22.2 Å². The molecule has 0 bridgehead atoms. The smallest absolute Gasteiger partial charge is 0.259 e. The highest BCUT2D eigenvalue weighted by Gasteiger charge is 2.26. The summed E-state index contributed by atoms with van der Waals surface area (Å²) in [5.41, 5.74) is 16.0. The number of carbonyl (C=O) groups is 1. The van der Waals surface area contributed by atoms with Crippen LogP contribution >= 0.6 is 11.3 Å². The Bertz CT molecular complexity index is 882. The van der Waals surface area contributed by atoms with Crippen molar-refractivity contribution in [1.82, 2.24) is 9.78 Å². The average Bonchev–Trinajstić information content (AvgIpc) is 3.17. The fraction of sp³-hybridized carbons (Fsp3) is 0.263. The van der Waals surface area contributed by atoms with Gasteiger partial charge in [0.2, 0.25) is 0 Å². The quantitative estimate of drug-likeness (QED) is 0.713. The minimum Gasteiger partial charge on any atom is -0.365 e. The van der Waals surface area contributed by atoms with E-state index in [2.05, 4.69) is 17.2 Å². The Labute approximate surface area is 151 Å². The molecule has 1 aromatic carbocycles. The first kappa shape index (κ1) is 17.4. The number of carbonyl (C=O) groups excluding carboxylic acids is 1. The van der Waals surface area contributed by atoms with Gasteiger partial charge in [0.05, 0.1) is 15.4 Å². The van der Waals surface area contributed by atoms with Gasteiger partial charge in [0, 0.05) is 19.2 Å². The Morgan fingerprint density at radius 1 is 1.28 bits per heavy atom. The zero-order valence-corrected chi connectivity index (χ0v) is 15.2. The number of amides is 1. The van der Waals surface area contributed by atoms with Crippen LogP contribution in [0.5, 0.6) is 0 Å². The van der Waals surface area contributed by atoms with Gasteiger partial charge in [-0.25, -0.2) is 0 Å². The molecule has 2 aromatic heterocycles. The monoisotopic (exact) mass is 354 g/mol. The number of aryl methyl sites for hydroxylation is 1. The van der Waals surface area contributed by atoms with E-state index in [4.69, 9.17) is 11.5 Å². The largest absolute Gasteiger partial charge is 0.365 e. The average molecular weight is 354 g/mol. The second-order valence-electron chi connectivity index (χ2n) is 6.13. The van der Waals surface area contributed by atoms with Crippen molar-refractivity contribution in [3.8, 4) is 10.6 Å². The number of thiophene rings is 1. The lowest BCUT2D eigenvalue weighted by Crippen LogP contribution is -2.20. The predicted molar refractivity (Wildman–Crippen MR) is 102 cm³/mol. The van der Waals surface area contributed by atoms with E-state index in [1.165, 1.54) is 16.9 Å². The van der Waals surface area contributed by atoms with Crippen LogP contribution in [-0.2, 0) is 13.5 Å². The molecule has 2 heterocycles. The number of hydrogen-bond donors (Lipinski definition) is 2. The summed E-state index contributed by atoms with van der Waals surface area (Å²) < 4.78 is 1.81. The predicted octanol–water partition coefficient (Wildman–Crippen LogP) is 2.84. The normalized spacial score (nSPS) is 12.3. The Balaban J connectivity index is 2.08. The summed E-state index contributed by atoms with van der Waals surface area (Å²) in [5.74, 6) is -0.355. The SMILES string of the molecule is Cc1c(-c2ccnn2C)sc(C(N)=O)c1C(CN)Cc1ccccc1. The van der Waals surface area contributed by atoms with Gasteiger partial charge in [0.15, 0.2) is 0 Å². The number of primary amides is 1. The fourth-order valence-corrected chi connectivity index (χ4v) is 4.55. The van der Waals surface area contributed by atoms with E-state index < -0.39 is 5.91 Å². The number of rotatable bonds is 6. The maximum absolute atomic E-state index is 12.1. The lowest BCUT2D eigenvalue weighted by atomic mass is 9.89. The van der Waals surface area contributed by atoms with Crippen LogP contribution in [0.3, 0.4) is 0 Å². The molecule has 5 nitrogen and oxygen atoms in total. The summed E-state index contributed by atoms with van der Waals surface area (Å²) in [6.07, 6.45) is 2.53. The first-order valence-corrected chi connectivity index (χ1v) is 9.00. The fourth-order valence-electron chi connectivity index (χ4n) is 3.24. The number of nitrogens with two attached hydrogens (primary N) is 2. The summed E-state index contributed by atoms with van der Waals surface area (Å²) in [6.45, 7) is 2.49. The topological polar surface area (TPSA) is 86.9 Å². The molecule has 0 fully saturated rings. The summed E-state index contributed by atoms with van der Waals surface area (Å²) in [7, 11) is 1.89. The molecule has 1 amide bonds. The maximum atomic E-state index is 12.1. The van der Waals surface area contributed by atoms with Crippen molar-refractivity contribution in [2.75, 3.05) is 6.54 Å². The lowest BCUT2D eigenvalue weighted by Gasteiger charge is -2.17. The van der Waals surface area contributed by atoms with Crippen LogP contribution < -0.4 is 11.5 Å². The van der Waals surface area contributed by atoms with Gasteiger partial charge in [-0.3, -0.25) is 9.48 Å². The first-order chi connectivity index (χ1) is 12.0. The molecule has 1 unspecified atom stereocenters. The van der Waals surface area contributed by atoms with E-state index in [1.807, 2.05) is 42.9 Å². The van der Waals surface area contributed by atoms with Gasteiger partial charge in [-0.15, -0.1) is 11.3 Å². The van der Waals surface area contributed by atoms with E-state index in [0.717, 1.165) is 28.1 Å². The van der Waals surface area contributed by atoms with Crippen LogP contribution in [0.2, 0.25) is 0 Å². The second kappa shape index (κ2) is 7.21. The van der Waals surface area contributed by atoms with Gasteiger partial charge in [0.25, 0.3) is 5.91 Å². The molecule has 0 aliphatic heterocycles. The van der Waals surface area contributed by atoms with Gasteiger partial charge in [-0.05, 0) is 42.6 Å². The molecule has 0 aliphatic carbocycles. The molecule has 0 saturated carbocycles. The molecule has 6 heteroatoms. The molecule has 25 heavy (non-hydrogen) atoms. The van der Waals surface area contributed by atoms with Crippen LogP contribution in [0.4, 0.5) is 0 Å². The van der Waals surface area contributed by atoms with Crippen molar-refractivity contribution in [2.24, 2.45) is 18.5 Å². The van der Waals surface area contributed by atoms with E-state index in [1.54, 1.807) is 6.20 Å². The summed E-state index contributed by atoms with van der Waals surface area (Å²) in [6, 6.07) is 12.1. The van der Waals surface area contributed by atoms with Gasteiger partial charge in [0.1, 0.15) is 0 Å². The third-order valence-corrected chi connectivity index (χ3v) is 5.83. The standard InChI is InChI=1S/C19H22N4OS/c1-12-16(14(11-20)10-13-6-4-3-5-7-13)18(19(21)24)25-17(12)15-8-9-22-23(15)2/h3-9,14H,10-11,20H2,1-2H3,(H2,21,24). The molecule has 0 aliphatic rings. The zero-order valence-electron chi connectivity index (χ0n) is 14.4. The maximum Gasteiger partial charge on any atom is 0.259 e. The second-order valence-corrected chi connectivity index (χ2v) is 7.15.